The highest BCUT2D eigenvalue weighted by Gasteiger charge is 2.27. The second-order valence-electron chi connectivity index (χ2n) is 5.43. The quantitative estimate of drug-likeness (QED) is 0.700. The van der Waals surface area contributed by atoms with Gasteiger partial charge in [-0.1, -0.05) is 26.3 Å². The fourth-order valence-electron chi connectivity index (χ4n) is 2.36. The molecule has 0 radical (unpaired) electrons. The van der Waals surface area contributed by atoms with Crippen LogP contribution in [-0.4, -0.2) is 25.0 Å². The minimum Gasteiger partial charge on any atom is -0.352 e. The molecule has 1 amide bonds. The van der Waals surface area contributed by atoms with Gasteiger partial charge in [-0.2, -0.15) is 0 Å². The summed E-state index contributed by atoms with van der Waals surface area (Å²) in [4.78, 5) is 11.4. The number of hydrogen-bond acceptors (Lipinski definition) is 2. The molecule has 3 nitrogen and oxygen atoms in total. The first-order valence-electron chi connectivity index (χ1n) is 6.14. The van der Waals surface area contributed by atoms with E-state index in [4.69, 9.17) is 0 Å². The lowest BCUT2D eigenvalue weighted by molar-refractivity contribution is -0.120. The Bertz CT molecular complexity index is 248. The van der Waals surface area contributed by atoms with Gasteiger partial charge < -0.3 is 10.6 Å². The summed E-state index contributed by atoms with van der Waals surface area (Å²) in [5.74, 6) is 0.0586. The summed E-state index contributed by atoms with van der Waals surface area (Å²) in [6.45, 7) is 9.15. The van der Waals surface area contributed by atoms with Gasteiger partial charge in [-0.25, -0.2) is 0 Å². The first-order valence-corrected chi connectivity index (χ1v) is 6.14. The molecule has 1 fully saturated rings. The zero-order valence-corrected chi connectivity index (χ0v) is 10.5. The van der Waals surface area contributed by atoms with Crippen molar-refractivity contribution in [3.8, 4) is 0 Å². The van der Waals surface area contributed by atoms with Crippen molar-refractivity contribution in [3.05, 3.63) is 12.7 Å². The van der Waals surface area contributed by atoms with Crippen molar-refractivity contribution in [1.82, 2.24) is 10.6 Å². The van der Waals surface area contributed by atoms with E-state index in [0.717, 1.165) is 0 Å². The summed E-state index contributed by atoms with van der Waals surface area (Å²) >= 11 is 0. The van der Waals surface area contributed by atoms with Crippen LogP contribution in [-0.2, 0) is 4.79 Å². The van der Waals surface area contributed by atoms with Gasteiger partial charge in [0, 0.05) is 12.6 Å². The molecule has 1 aliphatic rings. The van der Waals surface area contributed by atoms with Crippen molar-refractivity contribution in [1.29, 1.82) is 0 Å². The van der Waals surface area contributed by atoms with Crippen molar-refractivity contribution in [2.75, 3.05) is 13.1 Å². The normalized spacial score (nSPS) is 23.8. The van der Waals surface area contributed by atoms with Crippen LogP contribution in [0, 0.1) is 5.41 Å². The minimum absolute atomic E-state index is 0.0586. The molecular weight excluding hydrogens is 200 g/mol. The van der Waals surface area contributed by atoms with Crippen LogP contribution in [0.15, 0.2) is 12.7 Å². The molecule has 2 N–H and O–H groups in total. The first kappa shape index (κ1) is 13.2. The number of amides is 1. The molecule has 1 atom stereocenters. The molecule has 1 unspecified atom stereocenters. The summed E-state index contributed by atoms with van der Waals surface area (Å²) in [7, 11) is 0. The molecule has 0 aromatic carbocycles. The second kappa shape index (κ2) is 6.04. The molecule has 0 aliphatic heterocycles. The lowest BCUT2D eigenvalue weighted by Gasteiger charge is -2.35. The van der Waals surface area contributed by atoms with E-state index in [2.05, 4.69) is 31.1 Å². The van der Waals surface area contributed by atoms with E-state index in [9.17, 15) is 4.79 Å². The average Bonchev–Trinajstić information content (AvgIpc) is 2.22. The van der Waals surface area contributed by atoms with E-state index in [1.54, 1.807) is 6.08 Å². The maximum atomic E-state index is 11.4. The van der Waals surface area contributed by atoms with Crippen LogP contribution >= 0.6 is 0 Å². The Hall–Kier alpha value is -0.830. The lowest BCUT2D eigenvalue weighted by Crippen LogP contribution is -2.42. The number of nitrogens with one attached hydrogen (secondary N) is 2. The molecule has 1 aliphatic carbocycles. The van der Waals surface area contributed by atoms with Gasteiger partial charge in [0.25, 0.3) is 0 Å². The van der Waals surface area contributed by atoms with Crippen LogP contribution in [0.3, 0.4) is 0 Å². The van der Waals surface area contributed by atoms with Crippen molar-refractivity contribution in [2.45, 2.75) is 45.6 Å². The number of carbonyl (C=O) groups is 1. The second-order valence-corrected chi connectivity index (χ2v) is 5.43. The van der Waals surface area contributed by atoms with Gasteiger partial charge in [-0.05, 0) is 24.7 Å². The van der Waals surface area contributed by atoms with Gasteiger partial charge in [-0.15, -0.1) is 6.58 Å². The number of carbonyl (C=O) groups excluding carboxylic acids is 1. The van der Waals surface area contributed by atoms with Crippen LogP contribution in [0.4, 0.5) is 0 Å². The lowest BCUT2D eigenvalue weighted by atomic mass is 9.75. The summed E-state index contributed by atoms with van der Waals surface area (Å²) in [6.07, 6.45) is 6.62. The Morgan fingerprint density at radius 3 is 2.94 bits per heavy atom. The van der Waals surface area contributed by atoms with Gasteiger partial charge in [0.2, 0.25) is 5.91 Å². The first-order chi connectivity index (χ1) is 7.53. The van der Waals surface area contributed by atoms with Gasteiger partial charge in [0.1, 0.15) is 0 Å². The maximum Gasteiger partial charge on any atom is 0.234 e. The Kier molecular flexibility index (Phi) is 5.00. The molecule has 1 rings (SSSR count). The summed E-state index contributed by atoms with van der Waals surface area (Å²) in [6, 6.07) is 0.498. The Morgan fingerprint density at radius 1 is 1.56 bits per heavy atom. The van der Waals surface area contributed by atoms with Crippen LogP contribution in [0.1, 0.15) is 39.5 Å². The highest BCUT2D eigenvalue weighted by molar-refractivity contribution is 5.78. The minimum atomic E-state index is 0.0586. The largest absolute Gasteiger partial charge is 0.352 e. The molecule has 0 spiro atoms. The molecular formula is C13H24N2O. The van der Waals surface area contributed by atoms with Crippen LogP contribution in [0.5, 0.6) is 0 Å². The van der Waals surface area contributed by atoms with Gasteiger partial charge >= 0.3 is 0 Å². The molecule has 1 saturated carbocycles. The van der Waals surface area contributed by atoms with E-state index >= 15 is 0 Å². The number of rotatable bonds is 5. The van der Waals surface area contributed by atoms with E-state index in [0.29, 0.717) is 24.5 Å². The van der Waals surface area contributed by atoms with Gasteiger partial charge in [-0.3, -0.25) is 4.79 Å². The third kappa shape index (κ3) is 4.79. The predicted molar refractivity (Wildman–Crippen MR) is 67.2 cm³/mol. The third-order valence-corrected chi connectivity index (χ3v) is 3.20. The zero-order valence-electron chi connectivity index (χ0n) is 10.5. The van der Waals surface area contributed by atoms with Crippen molar-refractivity contribution < 1.29 is 4.79 Å². The van der Waals surface area contributed by atoms with Crippen molar-refractivity contribution in [3.63, 3.8) is 0 Å². The van der Waals surface area contributed by atoms with Crippen LogP contribution in [0.2, 0.25) is 0 Å². The predicted octanol–water partition coefficient (Wildman–Crippen LogP) is 1.85. The molecule has 0 bridgehead atoms. The average molecular weight is 224 g/mol. The topological polar surface area (TPSA) is 41.1 Å². The van der Waals surface area contributed by atoms with Crippen LogP contribution in [0.25, 0.3) is 0 Å². The van der Waals surface area contributed by atoms with Crippen molar-refractivity contribution in [2.24, 2.45) is 5.41 Å². The summed E-state index contributed by atoms with van der Waals surface area (Å²) in [5.41, 5.74) is 0.424. The Balaban J connectivity index is 2.22. The smallest absolute Gasteiger partial charge is 0.234 e. The molecule has 0 aromatic rings. The fraction of sp³-hybridized carbons (Fsp3) is 0.769. The Morgan fingerprint density at radius 2 is 2.31 bits per heavy atom. The SMILES string of the molecule is C=CCNC(=O)CNC1CCCC(C)(C)C1. The zero-order chi connectivity index (χ0) is 12.0. The summed E-state index contributed by atoms with van der Waals surface area (Å²) < 4.78 is 0. The number of hydrogen-bond donors (Lipinski definition) is 2. The van der Waals surface area contributed by atoms with Gasteiger partial charge in [0.05, 0.1) is 6.54 Å². The molecule has 0 saturated heterocycles. The fourth-order valence-corrected chi connectivity index (χ4v) is 2.36. The highest BCUT2D eigenvalue weighted by Crippen LogP contribution is 2.34. The molecule has 0 aromatic heterocycles. The van der Waals surface area contributed by atoms with Gasteiger partial charge in [0.15, 0.2) is 0 Å². The molecule has 3 heteroatoms. The molecule has 0 heterocycles. The van der Waals surface area contributed by atoms with E-state index in [1.165, 1.54) is 25.7 Å². The van der Waals surface area contributed by atoms with E-state index < -0.39 is 0 Å². The standard InChI is InChI=1S/C13H24N2O/c1-4-8-14-12(16)10-15-11-6-5-7-13(2,3)9-11/h4,11,15H,1,5-10H2,2-3H3,(H,14,16). The third-order valence-electron chi connectivity index (χ3n) is 3.20. The highest BCUT2D eigenvalue weighted by atomic mass is 16.1. The van der Waals surface area contributed by atoms with E-state index in [-0.39, 0.29) is 5.91 Å². The van der Waals surface area contributed by atoms with Crippen LogP contribution < -0.4 is 10.6 Å². The molecule has 16 heavy (non-hydrogen) atoms. The monoisotopic (exact) mass is 224 g/mol. The summed E-state index contributed by atoms with van der Waals surface area (Å²) in [5, 5.41) is 6.11. The maximum absolute atomic E-state index is 11.4. The molecule has 92 valence electrons. The van der Waals surface area contributed by atoms with Crippen molar-refractivity contribution >= 4 is 5.91 Å². The Labute approximate surface area is 98.7 Å². The van der Waals surface area contributed by atoms with E-state index in [1.807, 2.05) is 0 Å².